The molecule has 0 radical (unpaired) electrons. The van der Waals surface area contributed by atoms with Crippen molar-refractivity contribution in [3.05, 3.63) is 82.0 Å². The van der Waals surface area contributed by atoms with Crippen LogP contribution < -0.4 is 15.6 Å². The first-order chi connectivity index (χ1) is 15.4. The van der Waals surface area contributed by atoms with Crippen molar-refractivity contribution in [3.63, 3.8) is 0 Å². The molecule has 0 unspecified atom stereocenters. The number of benzene rings is 2. The Hall–Kier alpha value is -3.73. The number of carbonyl (C=O) groups is 1. The van der Waals surface area contributed by atoms with E-state index in [1.807, 2.05) is 0 Å². The summed E-state index contributed by atoms with van der Waals surface area (Å²) in [6, 6.07) is 10.2. The number of nitrogens with one attached hydrogen (secondary N) is 1. The minimum absolute atomic E-state index is 0.109. The molecular weight excluding hydrogens is 446 g/mol. The Morgan fingerprint density at radius 1 is 1.15 bits per heavy atom. The van der Waals surface area contributed by atoms with E-state index in [1.165, 1.54) is 50.2 Å². The summed E-state index contributed by atoms with van der Waals surface area (Å²) >= 11 is 0. The largest absolute Gasteiger partial charge is 0.482 e. The van der Waals surface area contributed by atoms with Crippen molar-refractivity contribution >= 4 is 11.6 Å². The van der Waals surface area contributed by atoms with Gasteiger partial charge in [0, 0.05) is 6.20 Å². The van der Waals surface area contributed by atoms with Gasteiger partial charge in [-0.1, -0.05) is 18.2 Å². The van der Waals surface area contributed by atoms with Gasteiger partial charge in [-0.3, -0.25) is 9.59 Å². The molecule has 0 bridgehead atoms. The maximum Gasteiger partial charge on any atom is 0.422 e. The molecule has 0 saturated carbocycles. The second-order valence-electron chi connectivity index (χ2n) is 7.54. The van der Waals surface area contributed by atoms with E-state index in [0.29, 0.717) is 4.68 Å². The summed E-state index contributed by atoms with van der Waals surface area (Å²) < 4.78 is 57.5. The summed E-state index contributed by atoms with van der Waals surface area (Å²) in [6.45, 7) is 1.35. The van der Waals surface area contributed by atoms with Crippen LogP contribution in [0.4, 0.5) is 23.2 Å². The number of aliphatic hydroxyl groups is 1. The number of nitrogens with zero attached hydrogens (tertiary/aromatic N) is 2. The fraction of sp³-hybridized carbons (Fsp3) is 0.227. The smallest absolute Gasteiger partial charge is 0.422 e. The Morgan fingerprint density at radius 3 is 2.48 bits per heavy atom. The van der Waals surface area contributed by atoms with Gasteiger partial charge >= 0.3 is 6.18 Å². The van der Waals surface area contributed by atoms with Gasteiger partial charge in [-0.25, -0.2) is 4.39 Å². The molecule has 0 aliphatic rings. The first kappa shape index (κ1) is 23.9. The van der Waals surface area contributed by atoms with E-state index in [0.717, 1.165) is 18.3 Å². The molecular formula is C22H19F4N3O4. The summed E-state index contributed by atoms with van der Waals surface area (Å²) in [7, 11) is 0. The highest BCUT2D eigenvalue weighted by atomic mass is 19.4. The van der Waals surface area contributed by atoms with Crippen molar-refractivity contribution in [1.82, 2.24) is 9.78 Å². The maximum atomic E-state index is 14.4. The molecule has 0 spiro atoms. The second-order valence-corrected chi connectivity index (χ2v) is 7.54. The minimum atomic E-state index is -4.60. The van der Waals surface area contributed by atoms with Crippen molar-refractivity contribution < 1.29 is 32.2 Å². The third kappa shape index (κ3) is 5.75. The molecule has 2 aromatic carbocycles. The molecule has 0 atom stereocenters. The maximum absolute atomic E-state index is 14.4. The number of amides is 1. The Kier molecular flexibility index (Phi) is 6.54. The Balaban J connectivity index is 1.92. The lowest BCUT2D eigenvalue weighted by Gasteiger charge is -2.18. The molecule has 1 aromatic heterocycles. The molecule has 0 aliphatic carbocycles. The summed E-state index contributed by atoms with van der Waals surface area (Å²) in [4.78, 5) is 25.5. The molecule has 0 aliphatic heterocycles. The molecule has 1 amide bonds. The third-order valence-corrected chi connectivity index (χ3v) is 4.50. The van der Waals surface area contributed by atoms with E-state index in [2.05, 4.69) is 10.4 Å². The first-order valence-electron chi connectivity index (χ1n) is 9.58. The summed E-state index contributed by atoms with van der Waals surface area (Å²) in [5.74, 6) is -2.06. The predicted molar refractivity (Wildman–Crippen MR) is 111 cm³/mol. The summed E-state index contributed by atoms with van der Waals surface area (Å²) in [5.41, 5.74) is -2.75. The van der Waals surface area contributed by atoms with Crippen molar-refractivity contribution in [2.24, 2.45) is 0 Å². The predicted octanol–water partition coefficient (Wildman–Crippen LogP) is 3.79. The van der Waals surface area contributed by atoms with Crippen molar-refractivity contribution in [3.8, 4) is 11.4 Å². The highest BCUT2D eigenvalue weighted by Crippen LogP contribution is 2.25. The number of rotatable bonds is 6. The van der Waals surface area contributed by atoms with Crippen LogP contribution >= 0.6 is 0 Å². The van der Waals surface area contributed by atoms with Gasteiger partial charge in [0.2, 0.25) is 0 Å². The zero-order chi connectivity index (χ0) is 24.4. The minimum Gasteiger partial charge on any atom is -0.482 e. The van der Waals surface area contributed by atoms with Gasteiger partial charge < -0.3 is 15.2 Å². The van der Waals surface area contributed by atoms with Gasteiger partial charge in [0.25, 0.3) is 11.5 Å². The lowest BCUT2D eigenvalue weighted by molar-refractivity contribution is -0.153. The van der Waals surface area contributed by atoms with Crippen LogP contribution in [0.3, 0.4) is 0 Å². The Labute approximate surface area is 185 Å². The molecule has 3 aromatic rings. The van der Waals surface area contributed by atoms with E-state index < -0.39 is 41.2 Å². The van der Waals surface area contributed by atoms with Gasteiger partial charge in [-0.15, -0.1) is 0 Å². The molecule has 174 valence electrons. The normalized spacial score (nSPS) is 11.8. The Morgan fingerprint density at radius 2 is 1.85 bits per heavy atom. The topological polar surface area (TPSA) is 93.5 Å². The van der Waals surface area contributed by atoms with Gasteiger partial charge in [-0.2, -0.15) is 23.0 Å². The average Bonchev–Trinajstić information content (AvgIpc) is 2.73. The zero-order valence-electron chi connectivity index (χ0n) is 17.5. The van der Waals surface area contributed by atoms with Crippen molar-refractivity contribution in [1.29, 1.82) is 0 Å². The number of hydrogen-bond acceptors (Lipinski definition) is 5. The van der Waals surface area contributed by atoms with E-state index in [-0.39, 0.29) is 22.7 Å². The van der Waals surface area contributed by atoms with E-state index in [1.54, 1.807) is 0 Å². The Bertz CT molecular complexity index is 1230. The lowest BCUT2D eigenvalue weighted by Crippen LogP contribution is -2.30. The van der Waals surface area contributed by atoms with Crippen LogP contribution in [0.5, 0.6) is 5.75 Å². The average molecular weight is 465 g/mol. The number of ether oxygens (including phenoxy) is 1. The molecule has 11 heteroatoms. The van der Waals surface area contributed by atoms with Crippen LogP contribution in [-0.2, 0) is 5.60 Å². The zero-order valence-corrected chi connectivity index (χ0v) is 17.5. The quantitative estimate of drug-likeness (QED) is 0.541. The highest BCUT2D eigenvalue weighted by Gasteiger charge is 2.29. The highest BCUT2D eigenvalue weighted by molar-refractivity contribution is 6.04. The number of anilines is 1. The molecule has 2 N–H and O–H groups in total. The number of hydrogen-bond donors (Lipinski definition) is 2. The van der Waals surface area contributed by atoms with E-state index in [4.69, 9.17) is 4.74 Å². The van der Waals surface area contributed by atoms with Crippen molar-refractivity contribution in [2.75, 3.05) is 11.9 Å². The standard InChI is InChI=1S/C22H19F4N3O4/c1-21(2,32)13-7-8-16(15(23)11-13)28-19(30)14-9-10-27-29(20(14)31)17-5-3-4-6-18(17)33-12-22(24,25)26/h3-11,32H,12H2,1-2H3,(H,28,30). The van der Waals surface area contributed by atoms with Gasteiger partial charge in [0.1, 0.15) is 22.8 Å². The number of alkyl halides is 3. The molecule has 0 saturated heterocycles. The van der Waals surface area contributed by atoms with Crippen LogP contribution in [0.1, 0.15) is 29.8 Å². The molecule has 1 heterocycles. The fourth-order valence-corrected chi connectivity index (χ4v) is 2.86. The van der Waals surface area contributed by atoms with Crippen LogP contribution in [0, 0.1) is 5.82 Å². The van der Waals surface area contributed by atoms with Crippen LogP contribution in [-0.4, -0.2) is 33.6 Å². The summed E-state index contributed by atoms with van der Waals surface area (Å²) in [6.07, 6.45) is -3.50. The molecule has 7 nitrogen and oxygen atoms in total. The third-order valence-electron chi connectivity index (χ3n) is 4.50. The number of para-hydroxylation sites is 2. The number of halogens is 4. The monoisotopic (exact) mass is 465 g/mol. The van der Waals surface area contributed by atoms with E-state index in [9.17, 15) is 32.3 Å². The number of carbonyl (C=O) groups excluding carboxylic acids is 1. The van der Waals surface area contributed by atoms with Crippen LogP contribution in [0.25, 0.3) is 5.69 Å². The van der Waals surface area contributed by atoms with Crippen LogP contribution in [0.15, 0.2) is 59.5 Å². The molecule has 33 heavy (non-hydrogen) atoms. The summed E-state index contributed by atoms with van der Waals surface area (Å²) in [5, 5.41) is 16.1. The number of aromatic nitrogens is 2. The second kappa shape index (κ2) is 9.02. The van der Waals surface area contributed by atoms with Crippen molar-refractivity contribution in [2.45, 2.75) is 25.6 Å². The van der Waals surface area contributed by atoms with E-state index >= 15 is 0 Å². The van der Waals surface area contributed by atoms with Crippen LogP contribution in [0.2, 0.25) is 0 Å². The van der Waals surface area contributed by atoms with Gasteiger partial charge in [0.15, 0.2) is 6.61 Å². The van der Waals surface area contributed by atoms with Gasteiger partial charge in [0.05, 0.1) is 11.3 Å². The SMILES string of the molecule is CC(C)(O)c1ccc(NC(=O)c2ccnn(-c3ccccc3OCC(F)(F)F)c2=O)c(F)c1. The first-order valence-corrected chi connectivity index (χ1v) is 9.58. The molecule has 3 rings (SSSR count). The van der Waals surface area contributed by atoms with Gasteiger partial charge in [-0.05, 0) is 49.7 Å². The molecule has 0 fully saturated rings. The fourth-order valence-electron chi connectivity index (χ4n) is 2.86. The lowest BCUT2D eigenvalue weighted by atomic mass is 9.98.